The summed E-state index contributed by atoms with van der Waals surface area (Å²) in [5, 5.41) is 62.4. The molecule has 1 aromatic carbocycles. The molecular weight excluding hydrogens is 857 g/mol. The standard InChI is InChI=1S/C42H64N8O15/c1-20(2)15-26(44-35(57)25(43)18-31(53)54)36(58)45-27(16-21(3)4)37(59)47-29(17-24-11-8-7-9-12-24)41(63)50-14-10-13-30(50)39(61)48-33(22(5)51)40(62)46-28(19-32(55)56)38(60)49-34(23(6)52)42(64)65/h7-9,11-12,20-23,25-30,33-34,51-52H,10,13-19,43H2,1-6H3,(H,44,57)(H,45,58)(H,46,62)(H,47,59)(H,48,61)(H,49,60)(H,53,54)(H,55,56)(H,64,65)/t22-,23-,25+,26+,27+,28+,29+,30+,33+,34+/m1/s1. The lowest BCUT2D eigenvalue weighted by Crippen LogP contribution is -2.62. The molecule has 1 fully saturated rings. The van der Waals surface area contributed by atoms with Gasteiger partial charge in [0.25, 0.3) is 0 Å². The zero-order chi connectivity index (χ0) is 49.3. The maximum Gasteiger partial charge on any atom is 0.328 e. The van der Waals surface area contributed by atoms with Gasteiger partial charge in [0.1, 0.15) is 36.3 Å². The molecule has 2 rings (SSSR count). The highest BCUT2D eigenvalue weighted by molar-refractivity contribution is 5.98. The number of nitrogens with two attached hydrogens (primary N) is 1. The van der Waals surface area contributed by atoms with Gasteiger partial charge in [0.15, 0.2) is 6.04 Å². The van der Waals surface area contributed by atoms with Crippen molar-refractivity contribution < 1.29 is 73.5 Å². The average Bonchev–Trinajstić information content (AvgIpc) is 3.70. The van der Waals surface area contributed by atoms with Gasteiger partial charge in [-0.1, -0.05) is 58.0 Å². The summed E-state index contributed by atoms with van der Waals surface area (Å²) in [7, 11) is 0. The van der Waals surface area contributed by atoms with Crippen LogP contribution in [-0.4, -0.2) is 157 Å². The van der Waals surface area contributed by atoms with E-state index in [-0.39, 0.29) is 44.1 Å². The number of carbonyl (C=O) groups is 10. The van der Waals surface area contributed by atoms with Gasteiger partial charge < -0.3 is 68.1 Å². The molecule has 0 saturated carbocycles. The Bertz CT molecular complexity index is 1860. The van der Waals surface area contributed by atoms with Gasteiger partial charge in [0, 0.05) is 13.0 Å². The minimum atomic E-state index is -1.92. The Morgan fingerprint density at radius 1 is 0.615 bits per heavy atom. The highest BCUT2D eigenvalue weighted by Gasteiger charge is 2.41. The second-order valence-electron chi connectivity index (χ2n) is 17.0. The fraction of sp³-hybridized carbons (Fsp3) is 0.619. The van der Waals surface area contributed by atoms with Crippen LogP contribution in [0.4, 0.5) is 0 Å². The fourth-order valence-electron chi connectivity index (χ4n) is 7.01. The first-order valence-electron chi connectivity index (χ1n) is 21.3. The molecule has 23 heteroatoms. The number of hydrogen-bond acceptors (Lipinski definition) is 13. The number of likely N-dealkylation sites (tertiary alicyclic amines) is 1. The van der Waals surface area contributed by atoms with Crippen LogP contribution >= 0.6 is 0 Å². The molecule has 1 heterocycles. The van der Waals surface area contributed by atoms with Crippen LogP contribution in [0.2, 0.25) is 0 Å². The third-order valence-corrected chi connectivity index (χ3v) is 10.3. The summed E-state index contributed by atoms with van der Waals surface area (Å²) in [6.45, 7) is 9.35. The minimum Gasteiger partial charge on any atom is -0.481 e. The molecule has 0 spiro atoms. The minimum absolute atomic E-state index is 0.0191. The molecule has 0 unspecified atom stereocenters. The average molecular weight is 921 g/mol. The van der Waals surface area contributed by atoms with E-state index in [1.54, 1.807) is 58.0 Å². The normalized spacial score (nSPS) is 17.8. The number of carbonyl (C=O) groups excluding carboxylic acids is 7. The molecule has 13 N–H and O–H groups in total. The number of rotatable bonds is 26. The Labute approximate surface area is 376 Å². The predicted molar refractivity (Wildman–Crippen MR) is 229 cm³/mol. The third kappa shape index (κ3) is 18.1. The molecule has 10 atom stereocenters. The van der Waals surface area contributed by atoms with Gasteiger partial charge in [-0.2, -0.15) is 0 Å². The smallest absolute Gasteiger partial charge is 0.328 e. The van der Waals surface area contributed by atoms with E-state index in [0.717, 1.165) is 13.8 Å². The van der Waals surface area contributed by atoms with Crippen molar-refractivity contribution in [2.75, 3.05) is 6.54 Å². The largest absolute Gasteiger partial charge is 0.481 e. The van der Waals surface area contributed by atoms with Crippen LogP contribution in [0.15, 0.2) is 30.3 Å². The number of nitrogens with zero attached hydrogens (tertiary/aromatic N) is 1. The van der Waals surface area contributed by atoms with Crippen molar-refractivity contribution in [2.45, 2.75) is 147 Å². The number of benzene rings is 1. The molecule has 7 amide bonds. The molecule has 0 bridgehead atoms. The van der Waals surface area contributed by atoms with Crippen LogP contribution in [0.5, 0.6) is 0 Å². The summed E-state index contributed by atoms with van der Waals surface area (Å²) >= 11 is 0. The zero-order valence-corrected chi connectivity index (χ0v) is 37.3. The quantitative estimate of drug-likeness (QED) is 0.0451. The van der Waals surface area contributed by atoms with E-state index in [1.165, 1.54) is 4.90 Å². The summed E-state index contributed by atoms with van der Waals surface area (Å²) in [6, 6.07) is -3.53. The van der Waals surface area contributed by atoms with Crippen molar-refractivity contribution in [3.63, 3.8) is 0 Å². The summed E-state index contributed by atoms with van der Waals surface area (Å²) in [6.07, 6.45) is -4.54. The molecule has 1 aliphatic rings. The third-order valence-electron chi connectivity index (χ3n) is 10.3. The predicted octanol–water partition coefficient (Wildman–Crippen LogP) is -2.66. The van der Waals surface area contributed by atoms with E-state index in [1.807, 2.05) is 5.32 Å². The molecule has 65 heavy (non-hydrogen) atoms. The highest BCUT2D eigenvalue weighted by Crippen LogP contribution is 2.21. The van der Waals surface area contributed by atoms with E-state index >= 15 is 0 Å². The molecular formula is C42H64N8O15. The van der Waals surface area contributed by atoms with Gasteiger partial charge >= 0.3 is 17.9 Å². The van der Waals surface area contributed by atoms with Gasteiger partial charge in [0.05, 0.1) is 31.1 Å². The second-order valence-corrected chi connectivity index (χ2v) is 17.0. The molecule has 0 aromatic heterocycles. The van der Waals surface area contributed by atoms with E-state index in [2.05, 4.69) is 26.6 Å². The van der Waals surface area contributed by atoms with E-state index in [9.17, 15) is 68.4 Å². The van der Waals surface area contributed by atoms with Crippen LogP contribution in [-0.2, 0) is 54.4 Å². The van der Waals surface area contributed by atoms with Crippen molar-refractivity contribution in [2.24, 2.45) is 17.6 Å². The number of nitrogens with one attached hydrogen (secondary N) is 6. The van der Waals surface area contributed by atoms with Crippen LogP contribution in [0, 0.1) is 11.8 Å². The molecule has 23 nitrogen and oxygen atoms in total. The monoisotopic (exact) mass is 920 g/mol. The SMILES string of the molecule is CC(C)C[C@H](NC(=O)[C@H](CC(C)C)NC(=O)[C@@H](N)CC(=O)O)C(=O)N[C@@H](Cc1ccccc1)C(=O)N1CCC[C@H]1C(=O)N[C@H](C(=O)N[C@@H](CC(=O)O)C(=O)N[C@H](C(=O)O)[C@@H](C)O)[C@@H](C)O. The molecule has 362 valence electrons. The zero-order valence-electron chi connectivity index (χ0n) is 37.3. The van der Waals surface area contributed by atoms with Crippen molar-refractivity contribution >= 4 is 59.3 Å². The summed E-state index contributed by atoms with van der Waals surface area (Å²) in [4.78, 5) is 131. The Hall–Kier alpha value is -6.20. The summed E-state index contributed by atoms with van der Waals surface area (Å²) in [5.74, 6) is -11.4. The van der Waals surface area contributed by atoms with Gasteiger partial charge in [-0.05, 0) is 56.9 Å². The van der Waals surface area contributed by atoms with Gasteiger partial charge in [-0.25, -0.2) is 4.79 Å². The molecule has 0 aliphatic carbocycles. The van der Waals surface area contributed by atoms with Gasteiger partial charge in [0.2, 0.25) is 41.4 Å². The van der Waals surface area contributed by atoms with Crippen LogP contribution in [0.3, 0.4) is 0 Å². The Morgan fingerprint density at radius 2 is 1.09 bits per heavy atom. The van der Waals surface area contributed by atoms with Crippen LogP contribution in [0.1, 0.15) is 85.6 Å². The number of carboxylic acid groups (broad SMARTS) is 3. The Balaban J connectivity index is 2.40. The van der Waals surface area contributed by atoms with E-state index in [4.69, 9.17) is 10.8 Å². The molecule has 1 saturated heterocycles. The number of hydrogen-bond donors (Lipinski definition) is 12. The molecule has 0 radical (unpaired) electrons. The number of aliphatic hydroxyl groups excluding tert-OH is 2. The van der Waals surface area contributed by atoms with E-state index < -0.39 is 133 Å². The number of carboxylic acids is 3. The topological polar surface area (TPSA) is 373 Å². The first-order valence-corrected chi connectivity index (χ1v) is 21.3. The lowest BCUT2D eigenvalue weighted by Gasteiger charge is -2.32. The lowest BCUT2D eigenvalue weighted by molar-refractivity contribution is -0.146. The van der Waals surface area contributed by atoms with Gasteiger partial charge in [-0.15, -0.1) is 0 Å². The Morgan fingerprint density at radius 3 is 1.57 bits per heavy atom. The number of aliphatic carboxylic acids is 3. The van der Waals surface area contributed by atoms with Gasteiger partial charge in [-0.3, -0.25) is 43.2 Å². The number of amides is 7. The molecule has 1 aromatic rings. The van der Waals surface area contributed by atoms with Crippen molar-refractivity contribution in [3.05, 3.63) is 35.9 Å². The van der Waals surface area contributed by atoms with Crippen molar-refractivity contribution in [3.8, 4) is 0 Å². The molecule has 1 aliphatic heterocycles. The maximum atomic E-state index is 14.5. The lowest BCUT2D eigenvalue weighted by atomic mass is 9.98. The van der Waals surface area contributed by atoms with Crippen molar-refractivity contribution in [1.29, 1.82) is 0 Å². The first kappa shape index (κ1) is 54.9. The Kier molecular flexibility index (Phi) is 21.9. The summed E-state index contributed by atoms with van der Waals surface area (Å²) in [5.41, 5.74) is 6.34. The summed E-state index contributed by atoms with van der Waals surface area (Å²) < 4.78 is 0. The first-order chi connectivity index (χ1) is 30.3. The fourth-order valence-corrected chi connectivity index (χ4v) is 7.01. The van der Waals surface area contributed by atoms with Crippen LogP contribution in [0.25, 0.3) is 0 Å². The maximum absolute atomic E-state index is 14.5. The second kappa shape index (κ2) is 25.9. The highest BCUT2D eigenvalue weighted by atomic mass is 16.4. The van der Waals surface area contributed by atoms with Crippen molar-refractivity contribution in [1.82, 2.24) is 36.8 Å². The van der Waals surface area contributed by atoms with E-state index in [0.29, 0.717) is 12.0 Å². The van der Waals surface area contributed by atoms with Crippen LogP contribution < -0.4 is 37.6 Å². The number of aliphatic hydroxyl groups is 2.